The summed E-state index contributed by atoms with van der Waals surface area (Å²) in [6, 6.07) is 0.113. The van der Waals surface area contributed by atoms with Crippen LogP contribution < -0.4 is 0 Å². The number of carboxylic acid groups (broad SMARTS) is 1. The van der Waals surface area contributed by atoms with Crippen molar-refractivity contribution in [1.82, 2.24) is 9.55 Å². The van der Waals surface area contributed by atoms with Gasteiger partial charge in [0.2, 0.25) is 0 Å². The number of carbonyl (C=O) groups is 1. The number of rotatable bonds is 5. The van der Waals surface area contributed by atoms with Gasteiger partial charge in [-0.1, -0.05) is 0 Å². The Morgan fingerprint density at radius 3 is 3.08 bits per heavy atom. The first-order chi connectivity index (χ1) is 6.20. The fourth-order valence-corrected chi connectivity index (χ4v) is 0.933. The Balaban J connectivity index is 2.26. The van der Waals surface area contributed by atoms with Gasteiger partial charge in [0.25, 0.3) is 0 Å². The zero-order valence-corrected chi connectivity index (χ0v) is 7.38. The van der Waals surface area contributed by atoms with Gasteiger partial charge in [-0.05, 0) is 6.92 Å². The summed E-state index contributed by atoms with van der Waals surface area (Å²) in [5, 5.41) is 8.31. The number of hydrogen-bond acceptors (Lipinski definition) is 3. The van der Waals surface area contributed by atoms with E-state index in [0.29, 0.717) is 6.61 Å². The van der Waals surface area contributed by atoms with E-state index in [1.807, 2.05) is 17.7 Å². The predicted octanol–water partition coefficient (Wildman–Crippen LogP) is 0.545. The summed E-state index contributed by atoms with van der Waals surface area (Å²) in [5.74, 6) is -0.946. The third-order valence-corrected chi connectivity index (χ3v) is 1.62. The van der Waals surface area contributed by atoms with Crippen molar-refractivity contribution in [3.05, 3.63) is 18.7 Å². The first kappa shape index (κ1) is 9.73. The van der Waals surface area contributed by atoms with Crippen LogP contribution in [0.5, 0.6) is 0 Å². The van der Waals surface area contributed by atoms with Crippen molar-refractivity contribution in [2.24, 2.45) is 0 Å². The van der Waals surface area contributed by atoms with Gasteiger partial charge >= 0.3 is 5.97 Å². The minimum atomic E-state index is -0.946. The molecule has 0 bridgehead atoms. The maximum Gasteiger partial charge on any atom is 0.329 e. The van der Waals surface area contributed by atoms with E-state index in [2.05, 4.69) is 4.98 Å². The Morgan fingerprint density at radius 2 is 2.54 bits per heavy atom. The molecular weight excluding hydrogens is 172 g/mol. The van der Waals surface area contributed by atoms with Crippen molar-refractivity contribution >= 4 is 5.97 Å². The molecule has 0 radical (unpaired) electrons. The Bertz CT molecular complexity index is 258. The molecule has 1 unspecified atom stereocenters. The highest BCUT2D eigenvalue weighted by Crippen LogP contribution is 2.03. The van der Waals surface area contributed by atoms with Gasteiger partial charge in [0.1, 0.15) is 6.61 Å². The molecule has 5 nitrogen and oxygen atoms in total. The minimum absolute atomic E-state index is 0.113. The van der Waals surface area contributed by atoms with Gasteiger partial charge in [-0.25, -0.2) is 9.78 Å². The second-order valence-electron chi connectivity index (χ2n) is 2.77. The molecule has 1 aromatic rings. The molecule has 0 spiro atoms. The fraction of sp³-hybridized carbons (Fsp3) is 0.500. The zero-order valence-electron chi connectivity index (χ0n) is 7.38. The van der Waals surface area contributed by atoms with Crippen LogP contribution in [0.1, 0.15) is 13.0 Å². The van der Waals surface area contributed by atoms with Crippen LogP contribution in [-0.2, 0) is 9.53 Å². The van der Waals surface area contributed by atoms with E-state index in [1.165, 1.54) is 0 Å². The van der Waals surface area contributed by atoms with Crippen LogP contribution in [0.4, 0.5) is 0 Å². The molecule has 0 aliphatic rings. The number of nitrogens with zero attached hydrogens (tertiary/aromatic N) is 2. The van der Waals surface area contributed by atoms with E-state index in [4.69, 9.17) is 9.84 Å². The summed E-state index contributed by atoms with van der Waals surface area (Å²) >= 11 is 0. The summed E-state index contributed by atoms with van der Waals surface area (Å²) in [6.45, 7) is 2.06. The second-order valence-corrected chi connectivity index (χ2v) is 2.77. The smallest absolute Gasteiger partial charge is 0.329 e. The summed E-state index contributed by atoms with van der Waals surface area (Å²) in [4.78, 5) is 14.0. The normalized spacial score (nSPS) is 12.7. The van der Waals surface area contributed by atoms with Crippen LogP contribution >= 0.6 is 0 Å². The molecule has 0 saturated carbocycles. The molecule has 1 rings (SSSR count). The highest BCUT2D eigenvalue weighted by atomic mass is 16.5. The van der Waals surface area contributed by atoms with E-state index in [0.717, 1.165) is 0 Å². The number of imidazole rings is 1. The van der Waals surface area contributed by atoms with Crippen molar-refractivity contribution < 1.29 is 14.6 Å². The van der Waals surface area contributed by atoms with Crippen LogP contribution in [0.3, 0.4) is 0 Å². The molecule has 5 heteroatoms. The lowest BCUT2D eigenvalue weighted by Gasteiger charge is -2.11. The zero-order chi connectivity index (χ0) is 9.68. The number of aromatic nitrogens is 2. The Hall–Kier alpha value is -1.36. The van der Waals surface area contributed by atoms with Crippen LogP contribution in [0.15, 0.2) is 18.7 Å². The lowest BCUT2D eigenvalue weighted by molar-refractivity contribution is -0.142. The Labute approximate surface area is 76.0 Å². The SMILES string of the molecule is CC(COCC(=O)O)n1ccnc1. The van der Waals surface area contributed by atoms with Crippen LogP contribution in [0.25, 0.3) is 0 Å². The van der Waals surface area contributed by atoms with Crippen LogP contribution in [-0.4, -0.2) is 33.8 Å². The van der Waals surface area contributed by atoms with Crippen molar-refractivity contribution in [3.63, 3.8) is 0 Å². The molecule has 72 valence electrons. The second kappa shape index (κ2) is 4.61. The topological polar surface area (TPSA) is 64.3 Å². The molecule has 1 atom stereocenters. The van der Waals surface area contributed by atoms with Crippen molar-refractivity contribution in [3.8, 4) is 0 Å². The molecule has 13 heavy (non-hydrogen) atoms. The van der Waals surface area contributed by atoms with Crippen molar-refractivity contribution in [1.29, 1.82) is 0 Å². The molecule has 0 amide bonds. The molecule has 0 aromatic carbocycles. The number of ether oxygens (including phenoxy) is 1. The average molecular weight is 184 g/mol. The molecule has 1 heterocycles. The van der Waals surface area contributed by atoms with Gasteiger partial charge in [0.15, 0.2) is 0 Å². The number of aliphatic carboxylic acids is 1. The number of carboxylic acids is 1. The van der Waals surface area contributed by atoms with E-state index in [9.17, 15) is 4.79 Å². The van der Waals surface area contributed by atoms with E-state index in [1.54, 1.807) is 12.5 Å². The first-order valence-corrected chi connectivity index (χ1v) is 3.97. The predicted molar refractivity (Wildman–Crippen MR) is 45.4 cm³/mol. The monoisotopic (exact) mass is 184 g/mol. The number of hydrogen-bond donors (Lipinski definition) is 1. The quantitative estimate of drug-likeness (QED) is 0.725. The van der Waals surface area contributed by atoms with Gasteiger partial charge in [-0.3, -0.25) is 0 Å². The van der Waals surface area contributed by atoms with Crippen LogP contribution in [0, 0.1) is 0 Å². The van der Waals surface area contributed by atoms with Gasteiger partial charge in [-0.2, -0.15) is 0 Å². The van der Waals surface area contributed by atoms with Gasteiger partial charge < -0.3 is 14.4 Å². The minimum Gasteiger partial charge on any atom is -0.480 e. The molecule has 0 aliphatic carbocycles. The van der Waals surface area contributed by atoms with E-state index < -0.39 is 5.97 Å². The summed E-state index contributed by atoms with van der Waals surface area (Å²) in [7, 11) is 0. The lowest BCUT2D eigenvalue weighted by atomic mass is 10.4. The maximum atomic E-state index is 10.1. The van der Waals surface area contributed by atoms with E-state index in [-0.39, 0.29) is 12.6 Å². The van der Waals surface area contributed by atoms with Crippen molar-refractivity contribution in [2.75, 3.05) is 13.2 Å². The van der Waals surface area contributed by atoms with Gasteiger partial charge in [0, 0.05) is 12.4 Å². The molecule has 0 fully saturated rings. The third-order valence-electron chi connectivity index (χ3n) is 1.62. The Morgan fingerprint density at radius 1 is 1.77 bits per heavy atom. The molecule has 1 N–H and O–H groups in total. The van der Waals surface area contributed by atoms with Gasteiger partial charge in [0.05, 0.1) is 19.0 Å². The summed E-state index contributed by atoms with van der Waals surface area (Å²) in [5.41, 5.74) is 0. The summed E-state index contributed by atoms with van der Waals surface area (Å²) in [6.07, 6.45) is 5.16. The lowest BCUT2D eigenvalue weighted by Crippen LogP contribution is -2.14. The van der Waals surface area contributed by atoms with Crippen molar-refractivity contribution in [2.45, 2.75) is 13.0 Å². The largest absolute Gasteiger partial charge is 0.480 e. The third kappa shape index (κ3) is 3.25. The molecule has 0 aliphatic heterocycles. The molecular formula is C8H12N2O3. The summed E-state index contributed by atoms with van der Waals surface area (Å²) < 4.78 is 6.80. The highest BCUT2D eigenvalue weighted by Gasteiger charge is 2.04. The average Bonchev–Trinajstić information content (AvgIpc) is 2.55. The molecule has 1 aromatic heterocycles. The highest BCUT2D eigenvalue weighted by molar-refractivity contribution is 5.67. The molecule has 0 saturated heterocycles. The van der Waals surface area contributed by atoms with Crippen LogP contribution in [0.2, 0.25) is 0 Å². The van der Waals surface area contributed by atoms with Gasteiger partial charge in [-0.15, -0.1) is 0 Å². The maximum absolute atomic E-state index is 10.1. The fourth-order valence-electron chi connectivity index (χ4n) is 0.933. The Kier molecular flexibility index (Phi) is 3.45. The first-order valence-electron chi connectivity index (χ1n) is 3.97. The standard InChI is InChI=1S/C8H12N2O3/c1-7(4-13-5-8(11)12)10-3-2-9-6-10/h2-3,6-7H,4-5H2,1H3,(H,11,12). The van der Waals surface area contributed by atoms with E-state index >= 15 is 0 Å².